The molecular weight excluding hydrogens is 600 g/mol. The lowest BCUT2D eigenvalue weighted by molar-refractivity contribution is -0.118. The van der Waals surface area contributed by atoms with Gasteiger partial charge in [-0.2, -0.15) is 14.6 Å². The number of amides is 2. The lowest BCUT2D eigenvalue weighted by atomic mass is 10.0. The second-order valence-corrected chi connectivity index (χ2v) is 18.2. The molecular formula is C28H40Cl2FN7O3Si. The quantitative estimate of drug-likeness (QED) is 0.0952. The summed E-state index contributed by atoms with van der Waals surface area (Å²) >= 11 is 11.7. The number of halogens is 3. The number of nitrogens with zero attached hydrogens (tertiary/aromatic N) is 5. The number of alkyl halides is 2. The third kappa shape index (κ3) is 9.35. The zero-order chi connectivity index (χ0) is 31.0. The molecule has 0 aliphatic rings. The van der Waals surface area contributed by atoms with E-state index < -0.39 is 36.7 Å². The smallest absolute Gasteiger partial charge is 0.270 e. The molecule has 0 aliphatic carbocycles. The Kier molecular flexibility index (Phi) is 12.1. The molecule has 14 heteroatoms. The summed E-state index contributed by atoms with van der Waals surface area (Å²) < 4.78 is 24.5. The normalized spacial score (nSPS) is 12.5. The number of hydrogen-bond acceptors (Lipinski definition) is 6. The minimum absolute atomic E-state index is 0.0198. The summed E-state index contributed by atoms with van der Waals surface area (Å²) in [5.41, 5.74) is 2.73. The highest BCUT2D eigenvalue weighted by molar-refractivity contribution is 6.76. The van der Waals surface area contributed by atoms with E-state index in [0.717, 1.165) is 11.7 Å². The number of hydrogen-bond donors (Lipinski definition) is 2. The molecule has 2 amide bonds. The monoisotopic (exact) mass is 639 g/mol. The van der Waals surface area contributed by atoms with Crippen LogP contribution in [0.2, 0.25) is 25.7 Å². The van der Waals surface area contributed by atoms with Gasteiger partial charge < -0.3 is 15.4 Å². The van der Waals surface area contributed by atoms with E-state index in [0.29, 0.717) is 37.1 Å². The summed E-state index contributed by atoms with van der Waals surface area (Å²) in [4.78, 5) is 29.4. The van der Waals surface area contributed by atoms with E-state index in [1.165, 1.54) is 16.9 Å². The summed E-state index contributed by atoms with van der Waals surface area (Å²) in [7, 11) is 0.406. The highest BCUT2D eigenvalue weighted by atomic mass is 35.5. The zero-order valence-corrected chi connectivity index (χ0v) is 27.5. The van der Waals surface area contributed by atoms with Crippen LogP contribution in [0.4, 0.5) is 10.2 Å². The van der Waals surface area contributed by atoms with Crippen molar-refractivity contribution in [2.45, 2.75) is 82.8 Å². The summed E-state index contributed by atoms with van der Waals surface area (Å²) in [6, 6.07) is 4.76. The van der Waals surface area contributed by atoms with E-state index in [9.17, 15) is 9.59 Å². The molecule has 0 bridgehead atoms. The number of ether oxygens (including phenoxy) is 1. The van der Waals surface area contributed by atoms with Gasteiger partial charge >= 0.3 is 0 Å². The molecule has 3 rings (SSSR count). The highest BCUT2D eigenvalue weighted by Crippen LogP contribution is 2.30. The number of carbonyl (C=O) groups excluding carboxylic acids is 2. The first-order valence-electron chi connectivity index (χ1n) is 14.0. The Labute approximate surface area is 257 Å². The molecule has 0 radical (unpaired) electrons. The van der Waals surface area contributed by atoms with Gasteiger partial charge in [0, 0.05) is 44.7 Å². The third-order valence-corrected chi connectivity index (χ3v) is 8.88. The molecule has 0 aromatic carbocycles. The number of nitrogens with one attached hydrogen (secondary N) is 2. The highest BCUT2D eigenvalue weighted by Gasteiger charge is 2.25. The summed E-state index contributed by atoms with van der Waals surface area (Å²) in [6.45, 7) is 11.6. The van der Waals surface area contributed by atoms with Crippen molar-refractivity contribution < 1.29 is 18.7 Å². The lowest BCUT2D eigenvalue weighted by Gasteiger charge is -2.19. The van der Waals surface area contributed by atoms with Gasteiger partial charge in [0.15, 0.2) is 0 Å². The summed E-state index contributed by atoms with van der Waals surface area (Å²) in [5, 5.41) is 13.9. The van der Waals surface area contributed by atoms with Crippen molar-refractivity contribution in [2.24, 2.45) is 7.05 Å². The predicted molar refractivity (Wildman–Crippen MR) is 166 cm³/mol. The Morgan fingerprint density at radius 3 is 2.50 bits per heavy atom. The number of anilines is 1. The van der Waals surface area contributed by atoms with E-state index in [-0.39, 0.29) is 30.2 Å². The van der Waals surface area contributed by atoms with Crippen LogP contribution in [0.25, 0.3) is 11.1 Å². The minimum atomic E-state index is -1.22. The van der Waals surface area contributed by atoms with Crippen molar-refractivity contribution in [3.05, 3.63) is 47.4 Å². The van der Waals surface area contributed by atoms with Crippen LogP contribution in [-0.2, 0) is 29.7 Å². The second kappa shape index (κ2) is 15.1. The molecule has 0 saturated heterocycles. The first-order valence-corrected chi connectivity index (χ1v) is 18.6. The van der Waals surface area contributed by atoms with Gasteiger partial charge in [-0.1, -0.05) is 26.6 Å². The molecule has 3 heterocycles. The summed E-state index contributed by atoms with van der Waals surface area (Å²) in [5.74, 6) is -1.74. The van der Waals surface area contributed by atoms with Crippen LogP contribution in [0.1, 0.15) is 48.1 Å². The number of pyridine rings is 1. The zero-order valence-electron chi connectivity index (χ0n) is 25.0. The average molecular weight is 641 g/mol. The topological polar surface area (TPSA) is 116 Å². The molecule has 0 unspecified atom stereocenters. The van der Waals surface area contributed by atoms with Crippen molar-refractivity contribution in [2.75, 3.05) is 11.9 Å². The fourth-order valence-corrected chi connectivity index (χ4v) is 5.52. The molecule has 3 aromatic heterocycles. The third-order valence-electron chi connectivity index (χ3n) is 6.74. The van der Waals surface area contributed by atoms with Gasteiger partial charge in [-0.25, -0.2) is 9.67 Å². The molecule has 42 heavy (non-hydrogen) atoms. The van der Waals surface area contributed by atoms with E-state index in [2.05, 4.69) is 45.5 Å². The number of carbonyl (C=O) groups is 2. The molecule has 0 aliphatic heterocycles. The molecule has 230 valence electrons. The van der Waals surface area contributed by atoms with Gasteiger partial charge in [0.25, 0.3) is 5.91 Å². The van der Waals surface area contributed by atoms with Gasteiger partial charge in [-0.15, -0.1) is 23.2 Å². The van der Waals surface area contributed by atoms with Gasteiger partial charge in [0.2, 0.25) is 11.9 Å². The van der Waals surface area contributed by atoms with Crippen LogP contribution in [-0.4, -0.2) is 61.9 Å². The standard InChI is InChI=1S/C28H40Cl2FN7O3Si/c1-7-21-25(18(2)36-38(21)17-41-15-16-42(4,5)6)19-11-12-24(34-26(19)31)35-27(39)20(9-8-10-23(29)30)33-28(40)22-13-14-32-37(22)3/h11-14,20,23H,7-10,15-17H2,1-6H3,(H,33,40)(H,34,35,39)/t20-/m0/s1. The first kappa shape index (κ1) is 33.7. The summed E-state index contributed by atoms with van der Waals surface area (Å²) in [6.07, 6.45) is 3.29. The van der Waals surface area contributed by atoms with E-state index in [1.807, 2.05) is 13.8 Å². The van der Waals surface area contributed by atoms with Crippen LogP contribution in [0.5, 0.6) is 0 Å². The molecule has 0 saturated carbocycles. The number of rotatable bonds is 15. The Morgan fingerprint density at radius 1 is 1.17 bits per heavy atom. The maximum Gasteiger partial charge on any atom is 0.270 e. The first-order chi connectivity index (χ1) is 19.8. The second-order valence-electron chi connectivity index (χ2n) is 11.3. The van der Waals surface area contributed by atoms with Crippen LogP contribution < -0.4 is 10.6 Å². The van der Waals surface area contributed by atoms with Crippen molar-refractivity contribution in [3.8, 4) is 11.1 Å². The van der Waals surface area contributed by atoms with Crippen molar-refractivity contribution in [3.63, 3.8) is 0 Å². The van der Waals surface area contributed by atoms with Crippen molar-refractivity contribution in [1.82, 2.24) is 29.9 Å². The van der Waals surface area contributed by atoms with Gasteiger partial charge in [0.1, 0.15) is 29.1 Å². The molecule has 10 nitrogen and oxygen atoms in total. The van der Waals surface area contributed by atoms with Gasteiger partial charge in [-0.05, 0) is 56.9 Å². The van der Waals surface area contributed by atoms with Crippen molar-refractivity contribution >= 4 is 48.9 Å². The maximum atomic E-state index is 15.4. The molecule has 0 fully saturated rings. The van der Waals surface area contributed by atoms with Gasteiger partial charge in [-0.3, -0.25) is 14.3 Å². The molecule has 3 aromatic rings. The average Bonchev–Trinajstić information content (AvgIpc) is 3.47. The predicted octanol–water partition coefficient (Wildman–Crippen LogP) is 5.71. The SMILES string of the molecule is CCc1c(-c2ccc(NC(=O)[C@H](CCCC(Cl)Cl)NC(=O)c3ccnn3C)nc2F)c(C)nn1COCC[Si](C)(C)C. The maximum absolute atomic E-state index is 15.4. The molecule has 2 N–H and O–H groups in total. The number of aromatic nitrogens is 5. The van der Waals surface area contributed by atoms with E-state index >= 15 is 4.39 Å². The molecule has 0 spiro atoms. The molecule has 1 atom stereocenters. The number of aryl methyl sites for hydroxylation is 2. The van der Waals surface area contributed by atoms with Crippen LogP contribution in [0, 0.1) is 12.9 Å². The van der Waals surface area contributed by atoms with E-state index in [4.69, 9.17) is 27.9 Å². The van der Waals surface area contributed by atoms with Crippen molar-refractivity contribution in [1.29, 1.82) is 0 Å². The Bertz CT molecular complexity index is 1370. The van der Waals surface area contributed by atoms with Crippen LogP contribution in [0.3, 0.4) is 0 Å². The Morgan fingerprint density at radius 2 is 1.90 bits per heavy atom. The van der Waals surface area contributed by atoms with Gasteiger partial charge in [0.05, 0.1) is 5.69 Å². The van der Waals surface area contributed by atoms with E-state index in [1.54, 1.807) is 23.9 Å². The Hall–Kier alpha value is -2.80. The van der Waals surface area contributed by atoms with Crippen LogP contribution in [0.15, 0.2) is 24.4 Å². The minimum Gasteiger partial charge on any atom is -0.360 e. The lowest BCUT2D eigenvalue weighted by Crippen LogP contribution is -2.44. The Balaban J connectivity index is 1.76. The fourth-order valence-electron chi connectivity index (χ4n) is 4.45. The largest absolute Gasteiger partial charge is 0.360 e. The fraction of sp³-hybridized carbons (Fsp3) is 0.536. The van der Waals surface area contributed by atoms with Crippen LogP contribution >= 0.6 is 23.2 Å².